The molecule has 102 valence electrons. The molecule has 2 unspecified atom stereocenters. The van der Waals surface area contributed by atoms with Gasteiger partial charge in [-0.3, -0.25) is 4.79 Å². The van der Waals surface area contributed by atoms with Crippen molar-refractivity contribution in [3.05, 3.63) is 34.9 Å². The third-order valence-electron chi connectivity index (χ3n) is 4.38. The molecule has 2 N–H and O–H groups in total. The normalized spacial score (nSPS) is 23.2. The van der Waals surface area contributed by atoms with E-state index in [1.807, 2.05) is 0 Å². The Kier molecular flexibility index (Phi) is 3.56. The summed E-state index contributed by atoms with van der Waals surface area (Å²) in [4.78, 5) is 11.2. The predicted molar refractivity (Wildman–Crippen MR) is 76.0 cm³/mol. The quantitative estimate of drug-likeness (QED) is 0.868. The minimum absolute atomic E-state index is 0.192. The topological polar surface area (TPSA) is 41.1 Å². The van der Waals surface area contributed by atoms with E-state index in [1.165, 1.54) is 36.0 Å². The van der Waals surface area contributed by atoms with Gasteiger partial charge in [0.15, 0.2) is 0 Å². The molecule has 19 heavy (non-hydrogen) atoms. The van der Waals surface area contributed by atoms with Gasteiger partial charge in [0.2, 0.25) is 5.91 Å². The highest BCUT2D eigenvalue weighted by molar-refractivity contribution is 5.78. The van der Waals surface area contributed by atoms with E-state index < -0.39 is 0 Å². The number of benzene rings is 1. The van der Waals surface area contributed by atoms with E-state index in [0.717, 1.165) is 13.0 Å². The first-order valence-electron chi connectivity index (χ1n) is 7.37. The van der Waals surface area contributed by atoms with Gasteiger partial charge in [-0.1, -0.05) is 18.2 Å². The van der Waals surface area contributed by atoms with Crippen molar-refractivity contribution >= 4 is 5.91 Å². The van der Waals surface area contributed by atoms with Crippen LogP contribution in [0.5, 0.6) is 0 Å². The van der Waals surface area contributed by atoms with Crippen LogP contribution in [0.4, 0.5) is 0 Å². The molecule has 1 aliphatic heterocycles. The zero-order valence-electron chi connectivity index (χ0n) is 11.5. The number of hydrogen-bond donors (Lipinski definition) is 2. The van der Waals surface area contributed by atoms with Crippen molar-refractivity contribution in [3.63, 3.8) is 0 Å². The van der Waals surface area contributed by atoms with Crippen molar-refractivity contribution in [2.24, 2.45) is 0 Å². The Bertz CT molecular complexity index is 484. The van der Waals surface area contributed by atoms with Crippen molar-refractivity contribution in [2.45, 2.75) is 51.1 Å². The van der Waals surface area contributed by atoms with E-state index in [-0.39, 0.29) is 5.91 Å². The van der Waals surface area contributed by atoms with Crippen LogP contribution < -0.4 is 10.6 Å². The number of carbonyl (C=O) groups is 1. The van der Waals surface area contributed by atoms with Crippen LogP contribution in [0.1, 0.15) is 48.9 Å². The fourth-order valence-corrected chi connectivity index (χ4v) is 3.13. The van der Waals surface area contributed by atoms with Crippen LogP contribution in [0.2, 0.25) is 0 Å². The van der Waals surface area contributed by atoms with Crippen LogP contribution in [0.15, 0.2) is 18.2 Å². The third-order valence-corrected chi connectivity index (χ3v) is 4.38. The second-order valence-corrected chi connectivity index (χ2v) is 5.81. The summed E-state index contributed by atoms with van der Waals surface area (Å²) < 4.78 is 0. The van der Waals surface area contributed by atoms with Gasteiger partial charge in [0.25, 0.3) is 0 Å². The molecule has 0 bridgehead atoms. The van der Waals surface area contributed by atoms with Gasteiger partial charge in [-0.25, -0.2) is 0 Å². The molecule has 1 fully saturated rings. The standard InChI is InChI=1S/C16H22N2O/c1-11(17-10-15-7-8-16(19)18-15)13-6-5-12-3-2-4-14(12)9-13/h5-6,9,11,15,17H,2-4,7-8,10H2,1H3,(H,18,19). The Labute approximate surface area is 114 Å². The molecule has 3 heteroatoms. The van der Waals surface area contributed by atoms with Crippen molar-refractivity contribution in [1.29, 1.82) is 0 Å². The monoisotopic (exact) mass is 258 g/mol. The maximum Gasteiger partial charge on any atom is 0.220 e. The second kappa shape index (κ2) is 5.33. The van der Waals surface area contributed by atoms with Gasteiger partial charge in [-0.2, -0.15) is 0 Å². The van der Waals surface area contributed by atoms with Gasteiger partial charge in [-0.15, -0.1) is 0 Å². The third kappa shape index (κ3) is 2.81. The predicted octanol–water partition coefficient (Wildman–Crippen LogP) is 2.10. The molecule has 1 aromatic rings. The number of fused-ring (bicyclic) bond motifs is 1. The zero-order valence-corrected chi connectivity index (χ0v) is 11.5. The van der Waals surface area contributed by atoms with Crippen molar-refractivity contribution in [1.82, 2.24) is 10.6 Å². The van der Waals surface area contributed by atoms with Gasteiger partial charge in [-0.05, 0) is 49.3 Å². The summed E-state index contributed by atoms with van der Waals surface area (Å²) in [7, 11) is 0. The van der Waals surface area contributed by atoms with Gasteiger partial charge in [0.1, 0.15) is 0 Å². The highest BCUT2D eigenvalue weighted by atomic mass is 16.1. The van der Waals surface area contributed by atoms with Crippen LogP contribution in [0, 0.1) is 0 Å². The van der Waals surface area contributed by atoms with Gasteiger partial charge in [0, 0.05) is 25.0 Å². The summed E-state index contributed by atoms with van der Waals surface area (Å²) in [6.07, 6.45) is 5.41. The van der Waals surface area contributed by atoms with Gasteiger partial charge < -0.3 is 10.6 Å². The van der Waals surface area contributed by atoms with Crippen LogP contribution >= 0.6 is 0 Å². The number of carbonyl (C=O) groups excluding carboxylic acids is 1. The largest absolute Gasteiger partial charge is 0.352 e. The van der Waals surface area contributed by atoms with E-state index in [2.05, 4.69) is 35.8 Å². The van der Waals surface area contributed by atoms with Crippen LogP contribution in [-0.2, 0) is 17.6 Å². The minimum Gasteiger partial charge on any atom is -0.352 e. The minimum atomic E-state index is 0.192. The van der Waals surface area contributed by atoms with Crippen LogP contribution in [0.3, 0.4) is 0 Å². The summed E-state index contributed by atoms with van der Waals surface area (Å²) in [6, 6.07) is 7.54. The van der Waals surface area contributed by atoms with E-state index in [4.69, 9.17) is 0 Å². The van der Waals surface area contributed by atoms with E-state index >= 15 is 0 Å². The summed E-state index contributed by atoms with van der Waals surface area (Å²) in [5.41, 5.74) is 4.42. The number of hydrogen-bond acceptors (Lipinski definition) is 2. The second-order valence-electron chi connectivity index (χ2n) is 5.81. The first-order valence-corrected chi connectivity index (χ1v) is 7.37. The lowest BCUT2D eigenvalue weighted by Gasteiger charge is -2.18. The van der Waals surface area contributed by atoms with Crippen LogP contribution in [-0.4, -0.2) is 18.5 Å². The lowest BCUT2D eigenvalue weighted by molar-refractivity contribution is -0.119. The maximum atomic E-state index is 11.2. The van der Waals surface area contributed by atoms with Gasteiger partial charge >= 0.3 is 0 Å². The average molecular weight is 258 g/mol. The zero-order chi connectivity index (χ0) is 13.2. The molecule has 3 rings (SSSR count). The summed E-state index contributed by atoms with van der Waals surface area (Å²) in [5, 5.41) is 6.54. The molecular weight excluding hydrogens is 236 g/mol. The highest BCUT2D eigenvalue weighted by Gasteiger charge is 2.21. The number of amides is 1. The molecule has 1 heterocycles. The van der Waals surface area contributed by atoms with Crippen LogP contribution in [0.25, 0.3) is 0 Å². The molecule has 2 atom stereocenters. The Morgan fingerprint density at radius 3 is 2.95 bits per heavy atom. The first-order chi connectivity index (χ1) is 9.22. The van der Waals surface area contributed by atoms with Crippen molar-refractivity contribution < 1.29 is 4.79 Å². The molecule has 0 saturated carbocycles. The van der Waals surface area contributed by atoms with Gasteiger partial charge in [0.05, 0.1) is 0 Å². The molecule has 0 radical (unpaired) electrons. The summed E-state index contributed by atoms with van der Waals surface area (Å²) in [5.74, 6) is 0.192. The Morgan fingerprint density at radius 1 is 1.32 bits per heavy atom. The molecule has 1 aliphatic carbocycles. The highest BCUT2D eigenvalue weighted by Crippen LogP contribution is 2.25. The average Bonchev–Trinajstić information content (AvgIpc) is 3.03. The lowest BCUT2D eigenvalue weighted by Crippen LogP contribution is -2.36. The Balaban J connectivity index is 1.58. The fraction of sp³-hybridized carbons (Fsp3) is 0.562. The smallest absolute Gasteiger partial charge is 0.220 e. The maximum absolute atomic E-state index is 11.2. The SMILES string of the molecule is CC(NCC1CCC(=O)N1)c1ccc2c(c1)CCC2. The molecule has 1 aromatic carbocycles. The van der Waals surface area contributed by atoms with E-state index in [1.54, 1.807) is 0 Å². The molecule has 3 nitrogen and oxygen atoms in total. The number of nitrogens with one attached hydrogen (secondary N) is 2. The Hall–Kier alpha value is -1.35. The Morgan fingerprint density at radius 2 is 2.16 bits per heavy atom. The molecule has 1 amide bonds. The van der Waals surface area contributed by atoms with Crippen molar-refractivity contribution in [3.8, 4) is 0 Å². The fourth-order valence-electron chi connectivity index (χ4n) is 3.13. The first kappa shape index (κ1) is 12.7. The van der Waals surface area contributed by atoms with Crippen molar-refractivity contribution in [2.75, 3.05) is 6.54 Å². The summed E-state index contributed by atoms with van der Waals surface area (Å²) >= 11 is 0. The number of aryl methyl sites for hydroxylation is 2. The van der Waals surface area contributed by atoms with E-state index in [9.17, 15) is 4.79 Å². The molecular formula is C16H22N2O. The molecule has 0 aromatic heterocycles. The number of rotatable bonds is 4. The van der Waals surface area contributed by atoms with E-state index in [0.29, 0.717) is 18.5 Å². The molecule has 2 aliphatic rings. The molecule has 1 saturated heterocycles. The molecule has 0 spiro atoms. The lowest BCUT2D eigenvalue weighted by atomic mass is 10.0. The summed E-state index contributed by atoms with van der Waals surface area (Å²) in [6.45, 7) is 3.07.